The standard InChI is InChI=1S/C16H23N5O/c1-19-8-6-17-15(19)12-20-9-10-22-16-13(3-4-14(16)20)11-21-7-2-5-18-21/h2,5-8,13-14,16H,3-4,9-12H2,1H3/t13-,14+,16+/m0/s1. The predicted molar refractivity (Wildman–Crippen MR) is 82.1 cm³/mol. The van der Waals surface area contributed by atoms with Crippen molar-refractivity contribution in [2.75, 3.05) is 13.2 Å². The Balaban J connectivity index is 1.45. The van der Waals surface area contributed by atoms with Gasteiger partial charge < -0.3 is 9.30 Å². The van der Waals surface area contributed by atoms with E-state index < -0.39 is 0 Å². The van der Waals surface area contributed by atoms with Gasteiger partial charge in [-0.2, -0.15) is 5.10 Å². The fraction of sp³-hybridized carbons (Fsp3) is 0.625. The van der Waals surface area contributed by atoms with E-state index in [1.165, 1.54) is 12.8 Å². The van der Waals surface area contributed by atoms with Crippen LogP contribution in [0.2, 0.25) is 0 Å². The van der Waals surface area contributed by atoms with Gasteiger partial charge in [-0.1, -0.05) is 0 Å². The lowest BCUT2D eigenvalue weighted by molar-refractivity contribution is -0.0798. The maximum atomic E-state index is 6.13. The zero-order valence-corrected chi connectivity index (χ0v) is 13.0. The molecule has 4 rings (SSSR count). The molecule has 118 valence electrons. The third-order valence-electron chi connectivity index (χ3n) is 5.08. The van der Waals surface area contributed by atoms with Crippen molar-refractivity contribution in [1.82, 2.24) is 24.2 Å². The summed E-state index contributed by atoms with van der Waals surface area (Å²) in [5.74, 6) is 1.70. The number of morpholine rings is 1. The van der Waals surface area contributed by atoms with Gasteiger partial charge in [0.1, 0.15) is 5.82 Å². The molecule has 22 heavy (non-hydrogen) atoms. The zero-order valence-electron chi connectivity index (χ0n) is 13.0. The van der Waals surface area contributed by atoms with Crippen LogP contribution in [0.4, 0.5) is 0 Å². The molecule has 1 aliphatic carbocycles. The first-order valence-corrected chi connectivity index (χ1v) is 8.10. The van der Waals surface area contributed by atoms with E-state index in [9.17, 15) is 0 Å². The van der Waals surface area contributed by atoms with Crippen LogP contribution >= 0.6 is 0 Å². The lowest BCUT2D eigenvalue weighted by Crippen LogP contribution is -2.50. The van der Waals surface area contributed by atoms with Gasteiger partial charge in [0.25, 0.3) is 0 Å². The monoisotopic (exact) mass is 301 g/mol. The molecule has 0 unspecified atom stereocenters. The Morgan fingerprint density at radius 3 is 3.00 bits per heavy atom. The molecule has 1 saturated heterocycles. The molecule has 6 heteroatoms. The minimum atomic E-state index is 0.332. The second kappa shape index (κ2) is 5.85. The van der Waals surface area contributed by atoms with Crippen molar-refractivity contribution in [2.45, 2.75) is 38.1 Å². The van der Waals surface area contributed by atoms with E-state index in [-0.39, 0.29) is 0 Å². The highest BCUT2D eigenvalue weighted by Gasteiger charge is 2.42. The van der Waals surface area contributed by atoms with Gasteiger partial charge in [0.05, 0.1) is 19.3 Å². The highest BCUT2D eigenvalue weighted by Crippen LogP contribution is 2.36. The number of nitrogens with zero attached hydrogens (tertiary/aromatic N) is 5. The highest BCUT2D eigenvalue weighted by atomic mass is 16.5. The molecule has 2 fully saturated rings. The summed E-state index contributed by atoms with van der Waals surface area (Å²) < 4.78 is 10.3. The van der Waals surface area contributed by atoms with Crippen LogP contribution in [0.1, 0.15) is 18.7 Å². The number of rotatable bonds is 4. The first kappa shape index (κ1) is 14.0. The Morgan fingerprint density at radius 2 is 2.23 bits per heavy atom. The third-order valence-corrected chi connectivity index (χ3v) is 5.08. The smallest absolute Gasteiger partial charge is 0.122 e. The SMILES string of the molecule is Cn1ccnc1CN1CCO[C@@H]2[C@H](Cn3cccn3)CC[C@H]21. The molecule has 0 N–H and O–H groups in total. The van der Waals surface area contributed by atoms with Gasteiger partial charge in [-0.15, -0.1) is 0 Å². The van der Waals surface area contributed by atoms with Crippen molar-refractivity contribution < 1.29 is 4.74 Å². The number of ether oxygens (including phenoxy) is 1. The van der Waals surface area contributed by atoms with E-state index >= 15 is 0 Å². The maximum Gasteiger partial charge on any atom is 0.122 e. The molecular formula is C16H23N5O. The molecule has 6 nitrogen and oxygen atoms in total. The van der Waals surface area contributed by atoms with Gasteiger partial charge in [0, 0.05) is 56.9 Å². The Bertz CT molecular complexity index is 608. The minimum Gasteiger partial charge on any atom is -0.375 e. The summed E-state index contributed by atoms with van der Waals surface area (Å²) in [6.07, 6.45) is 10.5. The highest BCUT2D eigenvalue weighted by molar-refractivity contribution is 4.98. The van der Waals surface area contributed by atoms with Crippen LogP contribution in [0.5, 0.6) is 0 Å². The molecule has 2 aromatic rings. The van der Waals surface area contributed by atoms with Crippen molar-refractivity contribution in [3.05, 3.63) is 36.7 Å². The van der Waals surface area contributed by atoms with Gasteiger partial charge in [-0.25, -0.2) is 4.98 Å². The van der Waals surface area contributed by atoms with Crippen molar-refractivity contribution in [3.8, 4) is 0 Å². The first-order valence-electron chi connectivity index (χ1n) is 8.10. The van der Waals surface area contributed by atoms with Crippen molar-refractivity contribution in [2.24, 2.45) is 13.0 Å². The summed E-state index contributed by atoms with van der Waals surface area (Å²) in [4.78, 5) is 7.03. The number of hydrogen-bond donors (Lipinski definition) is 0. The van der Waals surface area contributed by atoms with Gasteiger partial charge in [-0.05, 0) is 18.9 Å². The van der Waals surface area contributed by atoms with Crippen LogP contribution in [-0.4, -0.2) is 49.5 Å². The van der Waals surface area contributed by atoms with Crippen molar-refractivity contribution in [1.29, 1.82) is 0 Å². The Kier molecular flexibility index (Phi) is 3.72. The predicted octanol–water partition coefficient (Wildman–Crippen LogP) is 1.30. The van der Waals surface area contributed by atoms with E-state index in [0.717, 1.165) is 32.1 Å². The zero-order chi connectivity index (χ0) is 14.9. The fourth-order valence-corrected chi connectivity index (χ4v) is 3.91. The molecular weight excluding hydrogens is 278 g/mol. The summed E-state index contributed by atoms with van der Waals surface area (Å²) in [6.45, 7) is 3.71. The Morgan fingerprint density at radius 1 is 1.27 bits per heavy atom. The van der Waals surface area contributed by atoms with Crippen LogP contribution in [0.3, 0.4) is 0 Å². The second-order valence-electron chi connectivity index (χ2n) is 6.39. The largest absolute Gasteiger partial charge is 0.375 e. The van der Waals surface area contributed by atoms with Gasteiger partial charge in [0.15, 0.2) is 0 Å². The quantitative estimate of drug-likeness (QED) is 0.854. The summed E-state index contributed by atoms with van der Waals surface area (Å²) in [5.41, 5.74) is 0. The molecule has 0 bridgehead atoms. The van der Waals surface area contributed by atoms with Gasteiger partial charge >= 0.3 is 0 Å². The van der Waals surface area contributed by atoms with Crippen LogP contribution in [-0.2, 0) is 24.9 Å². The van der Waals surface area contributed by atoms with E-state index in [1.54, 1.807) is 0 Å². The van der Waals surface area contributed by atoms with Gasteiger partial charge in [-0.3, -0.25) is 9.58 Å². The average Bonchev–Trinajstić information content (AvgIpc) is 3.24. The molecule has 0 aromatic carbocycles. The van der Waals surface area contributed by atoms with E-state index in [0.29, 0.717) is 18.1 Å². The summed E-state index contributed by atoms with van der Waals surface area (Å²) >= 11 is 0. The molecule has 3 atom stereocenters. The van der Waals surface area contributed by atoms with Crippen LogP contribution in [0.15, 0.2) is 30.9 Å². The molecule has 0 radical (unpaired) electrons. The molecule has 3 heterocycles. The number of aromatic nitrogens is 4. The number of fused-ring (bicyclic) bond motifs is 1. The normalized spacial score (nSPS) is 28.9. The van der Waals surface area contributed by atoms with Crippen LogP contribution in [0.25, 0.3) is 0 Å². The number of aryl methyl sites for hydroxylation is 1. The minimum absolute atomic E-state index is 0.332. The third kappa shape index (κ3) is 2.57. The second-order valence-corrected chi connectivity index (χ2v) is 6.39. The fourth-order valence-electron chi connectivity index (χ4n) is 3.91. The van der Waals surface area contributed by atoms with Crippen LogP contribution in [0, 0.1) is 5.92 Å². The number of hydrogen-bond acceptors (Lipinski definition) is 4. The molecule has 0 spiro atoms. The van der Waals surface area contributed by atoms with Crippen molar-refractivity contribution in [3.63, 3.8) is 0 Å². The van der Waals surface area contributed by atoms with Crippen LogP contribution < -0.4 is 0 Å². The summed E-state index contributed by atoms with van der Waals surface area (Å²) in [6, 6.07) is 2.51. The van der Waals surface area contributed by atoms with E-state index in [2.05, 4.69) is 26.6 Å². The lowest BCUT2D eigenvalue weighted by Gasteiger charge is -2.39. The van der Waals surface area contributed by atoms with Gasteiger partial charge in [0.2, 0.25) is 0 Å². The van der Waals surface area contributed by atoms with Crippen molar-refractivity contribution >= 4 is 0 Å². The molecule has 2 aromatic heterocycles. The summed E-state index contributed by atoms with van der Waals surface area (Å²) in [7, 11) is 2.06. The number of imidazole rings is 1. The molecule has 1 saturated carbocycles. The molecule has 2 aliphatic rings. The topological polar surface area (TPSA) is 48.1 Å². The Labute approximate surface area is 130 Å². The first-order chi connectivity index (χ1) is 10.8. The molecule has 0 amide bonds. The molecule has 1 aliphatic heterocycles. The summed E-state index contributed by atoms with van der Waals surface area (Å²) in [5, 5.41) is 4.34. The average molecular weight is 301 g/mol. The van der Waals surface area contributed by atoms with E-state index in [1.807, 2.05) is 35.5 Å². The Hall–Kier alpha value is -1.66. The van der Waals surface area contributed by atoms with E-state index in [4.69, 9.17) is 4.74 Å². The lowest BCUT2D eigenvalue weighted by atomic mass is 10.0. The maximum absolute atomic E-state index is 6.13.